The van der Waals surface area contributed by atoms with Crippen molar-refractivity contribution < 1.29 is 18.5 Å². The number of nitrogens with one attached hydrogen (secondary N) is 1. The van der Waals surface area contributed by atoms with Crippen molar-refractivity contribution >= 4 is 18.5 Å². The van der Waals surface area contributed by atoms with Gasteiger partial charge in [0.1, 0.15) is 5.82 Å². The van der Waals surface area contributed by atoms with Crippen LogP contribution in [0.2, 0.25) is 0 Å². The van der Waals surface area contributed by atoms with E-state index in [1.807, 2.05) is 27.7 Å². The highest BCUT2D eigenvalue weighted by Gasteiger charge is 2.52. The molecule has 1 saturated heterocycles. The maximum atomic E-state index is 13.5. The van der Waals surface area contributed by atoms with Gasteiger partial charge in [0.2, 0.25) is 0 Å². The van der Waals surface area contributed by atoms with Gasteiger partial charge in [-0.05, 0) is 51.4 Å². The van der Waals surface area contributed by atoms with E-state index in [-0.39, 0.29) is 5.91 Å². The van der Waals surface area contributed by atoms with E-state index >= 15 is 0 Å². The molecule has 1 aliphatic rings. The molecule has 0 aromatic heterocycles. The fraction of sp³-hybridized carbons (Fsp3) is 0.500. The Labute approximate surface area is 118 Å². The summed E-state index contributed by atoms with van der Waals surface area (Å²) in [6.45, 7) is 7.63. The average molecular weight is 279 g/mol. The van der Waals surface area contributed by atoms with Crippen molar-refractivity contribution in [2.75, 3.05) is 7.05 Å². The molecule has 20 heavy (non-hydrogen) atoms. The normalized spacial score (nSPS) is 20.0. The Morgan fingerprint density at radius 2 is 1.75 bits per heavy atom. The quantitative estimate of drug-likeness (QED) is 0.834. The summed E-state index contributed by atoms with van der Waals surface area (Å²) in [7, 11) is 0.766. The van der Waals surface area contributed by atoms with Crippen LogP contribution in [0.3, 0.4) is 0 Å². The predicted octanol–water partition coefficient (Wildman–Crippen LogP) is 1.48. The first-order chi connectivity index (χ1) is 9.18. The largest absolute Gasteiger partial charge is 0.495 e. The number of carbonyl (C=O) groups is 1. The molecule has 4 nitrogen and oxygen atoms in total. The van der Waals surface area contributed by atoms with Gasteiger partial charge in [0.05, 0.1) is 11.2 Å². The standard InChI is InChI=1S/C14H19BFNO3/c1-13(2)14(3,4)20-15(19-13)11-8-9(16)6-7-10(11)12(18)17-5/h6-8H,1-5H3,(H,17,18). The Morgan fingerprint density at radius 1 is 1.20 bits per heavy atom. The number of halogens is 1. The summed E-state index contributed by atoms with van der Waals surface area (Å²) >= 11 is 0. The van der Waals surface area contributed by atoms with Gasteiger partial charge in [-0.25, -0.2) is 4.39 Å². The minimum absolute atomic E-state index is 0.297. The third-order valence-corrected chi connectivity index (χ3v) is 3.99. The Bertz CT molecular complexity index is 529. The van der Waals surface area contributed by atoms with E-state index in [4.69, 9.17) is 9.31 Å². The summed E-state index contributed by atoms with van der Waals surface area (Å²) in [5, 5.41) is 2.53. The summed E-state index contributed by atoms with van der Waals surface area (Å²) in [4.78, 5) is 11.9. The monoisotopic (exact) mass is 279 g/mol. The molecule has 1 heterocycles. The van der Waals surface area contributed by atoms with E-state index < -0.39 is 24.1 Å². The summed E-state index contributed by atoms with van der Waals surface area (Å²) in [5.41, 5.74) is -0.316. The fourth-order valence-electron chi connectivity index (χ4n) is 2.04. The van der Waals surface area contributed by atoms with Crippen molar-refractivity contribution in [2.45, 2.75) is 38.9 Å². The van der Waals surface area contributed by atoms with Crippen LogP contribution >= 0.6 is 0 Å². The fourth-order valence-corrected chi connectivity index (χ4v) is 2.04. The van der Waals surface area contributed by atoms with Gasteiger partial charge in [-0.15, -0.1) is 0 Å². The highest BCUT2D eigenvalue weighted by Crippen LogP contribution is 2.36. The molecular formula is C14H19BFNO3. The lowest BCUT2D eigenvalue weighted by molar-refractivity contribution is 0.00578. The van der Waals surface area contributed by atoms with E-state index in [9.17, 15) is 9.18 Å². The van der Waals surface area contributed by atoms with Crippen molar-refractivity contribution in [1.82, 2.24) is 5.32 Å². The molecule has 0 atom stereocenters. The number of hydrogen-bond acceptors (Lipinski definition) is 3. The molecule has 1 aromatic rings. The van der Waals surface area contributed by atoms with Crippen molar-refractivity contribution in [2.24, 2.45) is 0 Å². The lowest BCUT2D eigenvalue weighted by atomic mass is 9.75. The number of amides is 1. The van der Waals surface area contributed by atoms with Crippen LogP contribution in [0.25, 0.3) is 0 Å². The molecule has 1 aliphatic heterocycles. The average Bonchev–Trinajstić information content (AvgIpc) is 2.57. The van der Waals surface area contributed by atoms with Gasteiger partial charge in [-0.2, -0.15) is 0 Å². The third-order valence-electron chi connectivity index (χ3n) is 3.99. The van der Waals surface area contributed by atoms with Crippen LogP contribution in [0.4, 0.5) is 4.39 Å². The summed E-state index contributed by atoms with van der Waals surface area (Å²) < 4.78 is 25.3. The first kappa shape index (κ1) is 15.0. The minimum Gasteiger partial charge on any atom is -0.399 e. The molecule has 1 fully saturated rings. The van der Waals surface area contributed by atoms with E-state index in [1.165, 1.54) is 25.2 Å². The van der Waals surface area contributed by atoms with Gasteiger partial charge in [0, 0.05) is 12.6 Å². The minimum atomic E-state index is -0.761. The molecule has 0 bridgehead atoms. The van der Waals surface area contributed by atoms with Crippen LogP contribution < -0.4 is 10.8 Å². The summed E-state index contributed by atoms with van der Waals surface area (Å²) in [6.07, 6.45) is 0. The zero-order valence-electron chi connectivity index (χ0n) is 12.4. The second kappa shape index (κ2) is 4.86. The highest BCUT2D eigenvalue weighted by molar-refractivity contribution is 6.63. The highest BCUT2D eigenvalue weighted by atomic mass is 19.1. The number of carbonyl (C=O) groups excluding carboxylic acids is 1. The van der Waals surface area contributed by atoms with Crippen LogP contribution in [0, 0.1) is 5.82 Å². The second-order valence-electron chi connectivity index (χ2n) is 5.90. The van der Waals surface area contributed by atoms with E-state index in [1.54, 1.807) is 0 Å². The van der Waals surface area contributed by atoms with E-state index in [0.717, 1.165) is 0 Å². The molecule has 2 rings (SSSR count). The van der Waals surface area contributed by atoms with Crippen molar-refractivity contribution in [3.63, 3.8) is 0 Å². The van der Waals surface area contributed by atoms with Crippen LogP contribution in [0.1, 0.15) is 38.1 Å². The lowest BCUT2D eigenvalue weighted by Gasteiger charge is -2.32. The summed E-state index contributed by atoms with van der Waals surface area (Å²) in [5.74, 6) is -0.725. The number of rotatable bonds is 2. The number of benzene rings is 1. The Morgan fingerprint density at radius 3 is 2.25 bits per heavy atom. The topological polar surface area (TPSA) is 47.6 Å². The molecule has 0 spiro atoms. The Hall–Kier alpha value is -1.40. The molecular weight excluding hydrogens is 260 g/mol. The van der Waals surface area contributed by atoms with E-state index in [2.05, 4.69) is 5.32 Å². The molecule has 0 saturated carbocycles. The van der Waals surface area contributed by atoms with Gasteiger partial charge >= 0.3 is 7.12 Å². The maximum Gasteiger partial charge on any atom is 0.495 e. The number of hydrogen-bond donors (Lipinski definition) is 1. The molecule has 1 aromatic carbocycles. The molecule has 6 heteroatoms. The smallest absolute Gasteiger partial charge is 0.399 e. The van der Waals surface area contributed by atoms with Crippen molar-refractivity contribution in [3.8, 4) is 0 Å². The Kier molecular flexibility index (Phi) is 3.65. The molecule has 0 aliphatic carbocycles. The summed E-state index contributed by atoms with van der Waals surface area (Å²) in [6, 6.07) is 3.97. The van der Waals surface area contributed by atoms with Crippen LogP contribution in [0.15, 0.2) is 18.2 Å². The third kappa shape index (κ3) is 2.45. The Balaban J connectivity index is 2.44. The van der Waals surface area contributed by atoms with Gasteiger partial charge in [-0.1, -0.05) is 0 Å². The predicted molar refractivity (Wildman–Crippen MR) is 75.5 cm³/mol. The van der Waals surface area contributed by atoms with Crippen LogP contribution in [-0.2, 0) is 9.31 Å². The van der Waals surface area contributed by atoms with Gasteiger partial charge in [-0.3, -0.25) is 4.79 Å². The molecule has 0 radical (unpaired) electrons. The first-order valence-electron chi connectivity index (χ1n) is 6.55. The van der Waals surface area contributed by atoms with Gasteiger partial charge in [0.25, 0.3) is 5.91 Å². The SMILES string of the molecule is CNC(=O)c1ccc(F)cc1B1OC(C)(C)C(C)(C)O1. The van der Waals surface area contributed by atoms with Gasteiger partial charge in [0.15, 0.2) is 0 Å². The van der Waals surface area contributed by atoms with Gasteiger partial charge < -0.3 is 14.6 Å². The zero-order chi connectivity index (χ0) is 15.1. The zero-order valence-corrected chi connectivity index (χ0v) is 12.4. The molecule has 108 valence electrons. The van der Waals surface area contributed by atoms with Crippen LogP contribution in [-0.4, -0.2) is 31.3 Å². The van der Waals surface area contributed by atoms with Crippen molar-refractivity contribution in [1.29, 1.82) is 0 Å². The van der Waals surface area contributed by atoms with E-state index in [0.29, 0.717) is 11.0 Å². The first-order valence-corrected chi connectivity index (χ1v) is 6.55. The second-order valence-corrected chi connectivity index (χ2v) is 5.90. The van der Waals surface area contributed by atoms with Crippen LogP contribution in [0.5, 0.6) is 0 Å². The molecule has 1 N–H and O–H groups in total. The maximum absolute atomic E-state index is 13.5. The lowest BCUT2D eigenvalue weighted by Crippen LogP contribution is -2.41. The molecule has 0 unspecified atom stereocenters. The van der Waals surface area contributed by atoms with Crippen molar-refractivity contribution in [3.05, 3.63) is 29.6 Å². The molecule has 1 amide bonds.